The number of rotatable bonds is 12. The van der Waals surface area contributed by atoms with Crippen molar-refractivity contribution in [3.05, 3.63) is 89.2 Å². The Morgan fingerprint density at radius 2 is 0.720 bits per heavy atom. The molecule has 3 saturated carbocycles. The first-order valence-electron chi connectivity index (χ1n) is 35.9. The van der Waals surface area contributed by atoms with Gasteiger partial charge in [0.05, 0.1) is 91.6 Å². The first kappa shape index (κ1) is 81.1. The highest BCUT2D eigenvalue weighted by Crippen LogP contribution is 2.45. The molecule has 25 nitrogen and oxygen atoms in total. The molecule has 12 rings (SSSR count). The van der Waals surface area contributed by atoms with E-state index in [1.807, 2.05) is 6.92 Å². The summed E-state index contributed by atoms with van der Waals surface area (Å²) < 4.78 is 180. The van der Waals surface area contributed by atoms with Crippen molar-refractivity contribution in [1.29, 1.82) is 0 Å². The van der Waals surface area contributed by atoms with Gasteiger partial charge in [-0.3, -0.25) is 19.5 Å². The van der Waals surface area contributed by atoms with Crippen LogP contribution in [0.1, 0.15) is 211 Å². The minimum absolute atomic E-state index is 0.00445. The van der Waals surface area contributed by atoms with Crippen LogP contribution in [0.15, 0.2) is 55.0 Å². The first-order chi connectivity index (χ1) is 49.9. The summed E-state index contributed by atoms with van der Waals surface area (Å²) in [5.74, 6) is -17.7. The zero-order valence-electron chi connectivity index (χ0n) is 62.1. The summed E-state index contributed by atoms with van der Waals surface area (Å²) in [4.78, 5) is 83.2. The summed E-state index contributed by atoms with van der Waals surface area (Å²) in [5.41, 5.74) is -0.199. The fourth-order valence-corrected chi connectivity index (χ4v) is 13.1. The van der Waals surface area contributed by atoms with Gasteiger partial charge in [-0.2, -0.15) is 30.2 Å². The number of alkyl halides is 10. The van der Waals surface area contributed by atoms with Crippen LogP contribution in [0.4, 0.5) is 75.7 Å². The van der Waals surface area contributed by atoms with Crippen LogP contribution in [0.5, 0.6) is 0 Å². The number of hydrogen-bond donors (Lipinski definition) is 0. The molecule has 0 bridgehead atoms. The van der Waals surface area contributed by atoms with Gasteiger partial charge in [0, 0.05) is 113 Å². The number of ether oxygens (including phenoxy) is 6. The number of hydrogen-bond acceptors (Lipinski definition) is 19. The van der Waals surface area contributed by atoms with Crippen LogP contribution in [0, 0.1) is 20.8 Å². The van der Waals surface area contributed by atoms with Crippen LogP contribution in [-0.4, -0.2) is 187 Å². The molecule has 3 atom stereocenters. The van der Waals surface area contributed by atoms with Crippen LogP contribution in [0.2, 0.25) is 0 Å². The lowest BCUT2D eigenvalue weighted by molar-refractivity contribution is -0.126. The Kier molecular flexibility index (Phi) is 24.2. The highest BCUT2D eigenvalue weighted by molar-refractivity contribution is 5.90. The summed E-state index contributed by atoms with van der Waals surface area (Å²) >= 11 is 0. The number of carbonyl (C=O) groups excluding carboxylic acids is 4. The van der Waals surface area contributed by atoms with Crippen LogP contribution in [0.25, 0.3) is 17.8 Å². The van der Waals surface area contributed by atoms with Crippen molar-refractivity contribution in [3.63, 3.8) is 0 Å². The summed E-state index contributed by atoms with van der Waals surface area (Å²) in [6, 6.07) is 7.50. The van der Waals surface area contributed by atoms with E-state index in [0.717, 1.165) is 5.69 Å². The molecule has 3 aliphatic heterocycles. The smallest absolute Gasteiger partial charge is 0.416 e. The largest absolute Gasteiger partial charge is 0.443 e. The molecule has 35 heteroatoms. The van der Waals surface area contributed by atoms with Gasteiger partial charge in [-0.15, -0.1) is 0 Å². The maximum absolute atomic E-state index is 14.9. The Morgan fingerprint density at radius 3 is 0.991 bits per heavy atom. The number of aromatic nitrogens is 12. The number of nitrogens with zero attached hydrogens (tertiary/aromatic N) is 15. The molecule has 9 heterocycles. The third-order valence-electron chi connectivity index (χ3n) is 18.6. The molecule has 6 aliphatic rings. The Morgan fingerprint density at radius 1 is 0.430 bits per heavy atom. The van der Waals surface area contributed by atoms with Crippen LogP contribution in [0.3, 0.4) is 0 Å². The van der Waals surface area contributed by atoms with Crippen molar-refractivity contribution >= 4 is 41.5 Å². The van der Waals surface area contributed by atoms with Crippen molar-refractivity contribution in [2.45, 2.75) is 262 Å². The second-order valence-electron chi connectivity index (χ2n) is 31.0. The molecule has 586 valence electrons. The zero-order chi connectivity index (χ0) is 78.0. The molecule has 3 unspecified atom stereocenters. The van der Waals surface area contributed by atoms with Gasteiger partial charge < -0.3 is 28.4 Å². The van der Waals surface area contributed by atoms with E-state index in [0.29, 0.717) is 23.7 Å². The summed E-state index contributed by atoms with van der Waals surface area (Å²) in [5, 5.41) is 12.9. The lowest BCUT2D eigenvalue weighted by Crippen LogP contribution is -2.47. The highest BCUT2D eigenvalue weighted by atomic mass is 19.3. The van der Waals surface area contributed by atoms with E-state index in [-0.39, 0.29) is 143 Å². The maximum atomic E-state index is 14.9. The molecular weight excluding hydrogens is 1420 g/mol. The molecule has 3 aliphatic carbocycles. The molecule has 0 spiro atoms. The molecular formula is C72H93F10N15O10. The minimum Gasteiger partial charge on any atom is -0.443 e. The van der Waals surface area contributed by atoms with Crippen molar-refractivity contribution in [1.82, 2.24) is 59.2 Å². The number of ketones is 1. The maximum Gasteiger partial charge on any atom is 0.416 e. The summed E-state index contributed by atoms with van der Waals surface area (Å²) in [6.07, 6.45) is -0.244. The lowest BCUT2D eigenvalue weighted by atomic mass is 9.91. The predicted molar refractivity (Wildman–Crippen MR) is 369 cm³/mol. The van der Waals surface area contributed by atoms with Gasteiger partial charge in [0.25, 0.3) is 29.7 Å². The summed E-state index contributed by atoms with van der Waals surface area (Å²) in [7, 11) is 0. The minimum atomic E-state index is -3.09. The Bertz CT molecular complexity index is 3920. The number of aryl methyl sites for hydroxylation is 3. The molecule has 107 heavy (non-hydrogen) atoms. The molecule has 3 saturated heterocycles. The second-order valence-corrected chi connectivity index (χ2v) is 31.0. The van der Waals surface area contributed by atoms with Crippen molar-refractivity contribution < 1.29 is 91.5 Å². The van der Waals surface area contributed by atoms with Gasteiger partial charge in [-0.1, -0.05) is 0 Å². The van der Waals surface area contributed by atoms with E-state index < -0.39 is 139 Å². The van der Waals surface area contributed by atoms with Gasteiger partial charge in [0.15, 0.2) is 0 Å². The van der Waals surface area contributed by atoms with E-state index in [4.69, 9.17) is 28.4 Å². The standard InChI is InChI=1S/2C24H31F4N5O3.C24H31F2N5O4/c2*1-15-7-11-32(31-15)20-29-18(17-14-35-12-10-24(17,27)28)13-19(30-20)33(21(34)36-22(2,3)4)16-5-8-23(25,26)9-6-16;1-15-7-11-30(29-15)21-27-18(17-14-34-12-8-19(17)32)13-20(28-21)31(22(33)35-23(2,3)4)16-5-9-24(25,26)10-6-16/h2*7,11,13,16-17H,5-6,8-10,12,14H2,1-4H3;7,11,13,16-17H,5-6,8-10,12,14H2,1-4H3. The van der Waals surface area contributed by atoms with Gasteiger partial charge in [0.2, 0.25) is 17.8 Å². The van der Waals surface area contributed by atoms with Gasteiger partial charge in [-0.25, -0.2) is 87.3 Å². The fourth-order valence-electron chi connectivity index (χ4n) is 13.1. The van der Waals surface area contributed by atoms with Crippen LogP contribution >= 0.6 is 0 Å². The normalized spacial score (nSPS) is 21.9. The Balaban J connectivity index is 0.000000172. The topological polar surface area (TPSA) is 264 Å². The monoisotopic (exact) mass is 1520 g/mol. The average molecular weight is 1520 g/mol. The number of amides is 3. The number of halogens is 10. The van der Waals surface area contributed by atoms with E-state index in [1.165, 1.54) is 40.9 Å². The second kappa shape index (κ2) is 32.0. The fraction of sp³-hybridized carbons (Fsp3) is 0.653. The SMILES string of the molecule is Cc1ccn(-c2nc(C3COCCC3(F)F)cc(N(C(=O)OC(C)(C)C)C3CCC(F)(F)CC3)n2)n1.Cc1ccn(-c2nc(C3COCCC3(F)F)cc(N(C(=O)OC(C)(C)C)C3CCC(F)(F)CC3)n2)n1.Cc1ccn(-c2nc(C3COCCC3=O)cc(N(C(=O)OC(C)(C)C)C3CCC(F)(F)CC3)n2)n1. The molecule has 6 aromatic heterocycles. The van der Waals surface area contributed by atoms with E-state index >= 15 is 0 Å². The number of anilines is 3. The third kappa shape index (κ3) is 21.3. The van der Waals surface area contributed by atoms with Crippen molar-refractivity contribution in [3.8, 4) is 17.8 Å². The van der Waals surface area contributed by atoms with Gasteiger partial charge in [0.1, 0.15) is 40.0 Å². The van der Waals surface area contributed by atoms with Crippen LogP contribution < -0.4 is 14.7 Å². The van der Waals surface area contributed by atoms with Crippen molar-refractivity contribution in [2.24, 2.45) is 0 Å². The highest BCUT2D eigenvalue weighted by Gasteiger charge is 2.49. The lowest BCUT2D eigenvalue weighted by Gasteiger charge is -2.37. The quantitative estimate of drug-likeness (QED) is 0.0814. The van der Waals surface area contributed by atoms with Gasteiger partial charge >= 0.3 is 18.3 Å². The van der Waals surface area contributed by atoms with E-state index in [1.54, 1.807) is 119 Å². The Hall–Kier alpha value is -8.47. The zero-order valence-corrected chi connectivity index (χ0v) is 62.1. The molecule has 0 N–H and O–H groups in total. The predicted octanol–water partition coefficient (Wildman–Crippen LogP) is 15.2. The Labute approximate surface area is 613 Å². The molecule has 3 amide bonds. The average Bonchev–Trinajstić information content (AvgIpc) is 1.57. The first-order valence-corrected chi connectivity index (χ1v) is 35.9. The summed E-state index contributed by atoms with van der Waals surface area (Å²) in [6.45, 7) is 20.4. The van der Waals surface area contributed by atoms with E-state index in [9.17, 15) is 63.1 Å². The van der Waals surface area contributed by atoms with Gasteiger partial charge in [-0.05, 0) is 140 Å². The number of Topliss-reactive ketones (excluding diaryl/α,β-unsaturated/α-hetero) is 1. The number of carbonyl (C=O) groups is 4. The van der Waals surface area contributed by atoms with E-state index in [2.05, 4.69) is 45.2 Å². The third-order valence-corrected chi connectivity index (χ3v) is 18.6. The van der Waals surface area contributed by atoms with Crippen molar-refractivity contribution in [2.75, 3.05) is 54.3 Å². The molecule has 0 radical (unpaired) electrons. The molecule has 0 aromatic carbocycles. The molecule has 6 aromatic rings. The molecule has 6 fully saturated rings. The van der Waals surface area contributed by atoms with Crippen LogP contribution in [-0.2, 0) is 33.2 Å².